The maximum absolute atomic E-state index is 13.0. The molecule has 3 aromatic rings. The van der Waals surface area contributed by atoms with Crippen LogP contribution in [0.1, 0.15) is 18.1 Å². The number of hydrogen-bond donors (Lipinski definition) is 1. The molecule has 1 amide bonds. The molecule has 0 bridgehead atoms. The van der Waals surface area contributed by atoms with Gasteiger partial charge in [-0.3, -0.25) is 4.79 Å². The van der Waals surface area contributed by atoms with Crippen molar-refractivity contribution >= 4 is 28.2 Å². The number of fused-ring (bicyclic) bond motifs is 1. The lowest BCUT2D eigenvalue weighted by molar-refractivity contribution is -0.137. The summed E-state index contributed by atoms with van der Waals surface area (Å²) in [6.07, 6.45) is -3.03. The Hall–Kier alpha value is -3.29. The average molecular weight is 389 g/mol. The number of imidazole rings is 1. The maximum atomic E-state index is 13.0. The number of carbonyl (C=O) groups excluding carboxylic acids is 1. The highest BCUT2D eigenvalue weighted by Crippen LogP contribution is 2.34. The molecule has 5 nitrogen and oxygen atoms in total. The predicted molar refractivity (Wildman–Crippen MR) is 101 cm³/mol. The summed E-state index contributed by atoms with van der Waals surface area (Å²) in [5.41, 5.74) is 2.21. The summed E-state index contributed by atoms with van der Waals surface area (Å²) in [7, 11) is 1.26. The number of nitrogens with one attached hydrogen (secondary N) is 1. The van der Waals surface area contributed by atoms with Gasteiger partial charge in [-0.2, -0.15) is 13.2 Å². The highest BCUT2D eigenvalue weighted by Gasteiger charge is 2.31. The number of anilines is 1. The van der Waals surface area contributed by atoms with Gasteiger partial charge in [0.2, 0.25) is 5.91 Å². The molecular formula is C20H18F3N3O2. The van der Waals surface area contributed by atoms with Crippen LogP contribution in [0.3, 0.4) is 0 Å². The van der Waals surface area contributed by atoms with Crippen LogP contribution in [0.4, 0.5) is 18.9 Å². The van der Waals surface area contributed by atoms with Gasteiger partial charge < -0.3 is 14.6 Å². The number of nitrogens with zero attached hydrogens (tertiary/aromatic N) is 2. The first-order chi connectivity index (χ1) is 13.2. The van der Waals surface area contributed by atoms with Crippen LogP contribution < -0.4 is 10.1 Å². The molecule has 0 atom stereocenters. The molecule has 0 saturated carbocycles. The number of para-hydroxylation sites is 1. The Labute approximate surface area is 159 Å². The largest absolute Gasteiger partial charge is 0.497 e. The smallest absolute Gasteiger partial charge is 0.416 e. The van der Waals surface area contributed by atoms with Crippen LogP contribution in [0.15, 0.2) is 49.3 Å². The molecule has 0 aliphatic heterocycles. The molecule has 1 N–H and O–H groups in total. The summed E-state index contributed by atoms with van der Waals surface area (Å²) in [5.74, 6) is -0.486. The standard InChI is InChI=1S/C20H18F3N3O2/c1-12(2)16-5-4-6-17-19(16)26(11-24-17)10-18(27)25-14-7-13(20(21,22)23)8-15(9-14)28-3/h4-9,11H,1,10H2,2-3H3,(H,25,27). The second-order valence-corrected chi connectivity index (χ2v) is 6.32. The van der Waals surface area contributed by atoms with E-state index in [1.807, 2.05) is 25.1 Å². The molecule has 28 heavy (non-hydrogen) atoms. The highest BCUT2D eigenvalue weighted by molar-refractivity contribution is 5.93. The van der Waals surface area contributed by atoms with Crippen LogP contribution in [-0.4, -0.2) is 22.6 Å². The zero-order valence-corrected chi connectivity index (χ0v) is 15.3. The van der Waals surface area contributed by atoms with E-state index in [1.165, 1.54) is 19.5 Å². The van der Waals surface area contributed by atoms with Gasteiger partial charge in [-0.15, -0.1) is 0 Å². The van der Waals surface area contributed by atoms with Crippen molar-refractivity contribution in [1.29, 1.82) is 0 Å². The summed E-state index contributed by atoms with van der Waals surface area (Å²) >= 11 is 0. The van der Waals surface area contributed by atoms with Crippen molar-refractivity contribution in [2.75, 3.05) is 12.4 Å². The molecule has 0 unspecified atom stereocenters. The lowest BCUT2D eigenvalue weighted by atomic mass is 10.1. The second-order valence-electron chi connectivity index (χ2n) is 6.32. The Morgan fingerprint density at radius 3 is 2.68 bits per heavy atom. The lowest BCUT2D eigenvalue weighted by Crippen LogP contribution is -2.19. The Bertz CT molecular complexity index is 1050. The van der Waals surface area contributed by atoms with E-state index in [1.54, 1.807) is 4.57 Å². The van der Waals surface area contributed by atoms with Crippen molar-refractivity contribution in [1.82, 2.24) is 9.55 Å². The Morgan fingerprint density at radius 1 is 1.29 bits per heavy atom. The second kappa shape index (κ2) is 7.38. The van der Waals surface area contributed by atoms with E-state index < -0.39 is 17.6 Å². The third-order valence-corrected chi connectivity index (χ3v) is 4.17. The lowest BCUT2D eigenvalue weighted by Gasteiger charge is -2.13. The molecule has 2 aromatic carbocycles. The van der Waals surface area contributed by atoms with E-state index in [9.17, 15) is 18.0 Å². The third kappa shape index (κ3) is 4.00. The summed E-state index contributed by atoms with van der Waals surface area (Å²) in [6, 6.07) is 8.60. The summed E-state index contributed by atoms with van der Waals surface area (Å²) < 4.78 is 45.6. The number of benzene rings is 2. The van der Waals surface area contributed by atoms with Gasteiger partial charge in [-0.25, -0.2) is 4.98 Å². The van der Waals surface area contributed by atoms with Gasteiger partial charge in [0.15, 0.2) is 0 Å². The van der Waals surface area contributed by atoms with Gasteiger partial charge in [-0.05, 0) is 30.7 Å². The number of ether oxygens (including phenoxy) is 1. The molecule has 0 aliphatic rings. The fourth-order valence-electron chi connectivity index (χ4n) is 2.90. The van der Waals surface area contributed by atoms with Crippen molar-refractivity contribution in [3.05, 3.63) is 60.4 Å². The Kier molecular flexibility index (Phi) is 5.13. The van der Waals surface area contributed by atoms with Crippen LogP contribution in [0.2, 0.25) is 0 Å². The first kappa shape index (κ1) is 19.5. The van der Waals surface area contributed by atoms with Crippen LogP contribution in [0.25, 0.3) is 16.6 Å². The minimum Gasteiger partial charge on any atom is -0.497 e. The molecule has 0 radical (unpaired) electrons. The molecule has 0 aliphatic carbocycles. The van der Waals surface area contributed by atoms with E-state index in [2.05, 4.69) is 16.9 Å². The number of rotatable bonds is 5. The van der Waals surface area contributed by atoms with Crippen molar-refractivity contribution < 1.29 is 22.7 Å². The number of allylic oxidation sites excluding steroid dienone is 1. The van der Waals surface area contributed by atoms with E-state index in [-0.39, 0.29) is 18.0 Å². The van der Waals surface area contributed by atoms with E-state index >= 15 is 0 Å². The molecule has 0 saturated heterocycles. The highest BCUT2D eigenvalue weighted by atomic mass is 19.4. The molecule has 1 aromatic heterocycles. The number of hydrogen-bond acceptors (Lipinski definition) is 3. The van der Waals surface area contributed by atoms with Gasteiger partial charge in [0, 0.05) is 17.3 Å². The SMILES string of the molecule is C=C(C)c1cccc2ncn(CC(=O)Nc3cc(OC)cc(C(F)(F)F)c3)c12. The molecule has 1 heterocycles. The van der Waals surface area contributed by atoms with E-state index in [0.717, 1.165) is 28.8 Å². The number of amides is 1. The normalized spacial score (nSPS) is 11.5. The number of alkyl halides is 3. The fourth-order valence-corrected chi connectivity index (χ4v) is 2.90. The minimum atomic E-state index is -4.55. The van der Waals surface area contributed by atoms with Gasteiger partial charge in [-0.1, -0.05) is 18.7 Å². The first-order valence-electron chi connectivity index (χ1n) is 8.35. The summed E-state index contributed by atoms with van der Waals surface area (Å²) in [4.78, 5) is 16.7. The maximum Gasteiger partial charge on any atom is 0.416 e. The Morgan fingerprint density at radius 2 is 2.04 bits per heavy atom. The zero-order valence-electron chi connectivity index (χ0n) is 15.3. The molecule has 8 heteroatoms. The van der Waals surface area contributed by atoms with E-state index in [4.69, 9.17) is 4.74 Å². The quantitative estimate of drug-likeness (QED) is 0.686. The van der Waals surface area contributed by atoms with Gasteiger partial charge in [0.05, 0.1) is 30.0 Å². The van der Waals surface area contributed by atoms with Crippen molar-refractivity contribution in [2.24, 2.45) is 0 Å². The third-order valence-electron chi connectivity index (χ3n) is 4.17. The molecule has 0 fully saturated rings. The van der Waals surface area contributed by atoms with Gasteiger partial charge >= 0.3 is 6.18 Å². The molecular weight excluding hydrogens is 371 g/mol. The topological polar surface area (TPSA) is 56.2 Å². The number of carbonyl (C=O) groups is 1. The summed E-state index contributed by atoms with van der Waals surface area (Å²) in [5, 5.41) is 2.49. The van der Waals surface area contributed by atoms with Gasteiger partial charge in [0.25, 0.3) is 0 Å². The predicted octanol–water partition coefficient (Wildman–Crippen LogP) is 4.74. The Balaban J connectivity index is 1.88. The number of aromatic nitrogens is 2. The van der Waals surface area contributed by atoms with Crippen molar-refractivity contribution in [2.45, 2.75) is 19.6 Å². The van der Waals surface area contributed by atoms with Crippen LogP contribution in [-0.2, 0) is 17.5 Å². The molecule has 3 rings (SSSR count). The monoisotopic (exact) mass is 389 g/mol. The van der Waals surface area contributed by atoms with Gasteiger partial charge in [0.1, 0.15) is 12.3 Å². The number of methoxy groups -OCH3 is 1. The van der Waals surface area contributed by atoms with E-state index in [0.29, 0.717) is 5.52 Å². The fraction of sp³-hybridized carbons (Fsp3) is 0.200. The average Bonchev–Trinajstić information content (AvgIpc) is 3.03. The molecule has 146 valence electrons. The summed E-state index contributed by atoms with van der Waals surface area (Å²) in [6.45, 7) is 5.67. The molecule has 0 spiro atoms. The van der Waals surface area contributed by atoms with Crippen molar-refractivity contribution in [3.63, 3.8) is 0 Å². The number of halogens is 3. The van der Waals surface area contributed by atoms with Crippen LogP contribution in [0.5, 0.6) is 5.75 Å². The van der Waals surface area contributed by atoms with Crippen LogP contribution >= 0.6 is 0 Å². The zero-order chi connectivity index (χ0) is 20.5. The first-order valence-corrected chi connectivity index (χ1v) is 8.35. The minimum absolute atomic E-state index is 0.00113. The van der Waals surface area contributed by atoms with Crippen LogP contribution in [0, 0.1) is 0 Å². The van der Waals surface area contributed by atoms with Crippen molar-refractivity contribution in [3.8, 4) is 5.75 Å².